The Hall–Kier alpha value is -3.54. The molecule has 6 heteroatoms. The molecule has 3 rings (SSSR count). The van der Waals surface area contributed by atoms with Crippen LogP contribution in [0.3, 0.4) is 0 Å². The summed E-state index contributed by atoms with van der Waals surface area (Å²) in [5.41, 5.74) is 2.15. The van der Waals surface area contributed by atoms with E-state index >= 15 is 0 Å². The monoisotopic (exact) mass is 379 g/mol. The van der Waals surface area contributed by atoms with Gasteiger partial charge in [0.25, 0.3) is 0 Å². The minimum Gasteiger partial charge on any atom is -0.496 e. The fraction of sp³-hybridized carbons (Fsp3) is 0.182. The molecule has 0 bridgehead atoms. The van der Waals surface area contributed by atoms with E-state index in [0.29, 0.717) is 34.2 Å². The number of hydrogen-bond donors (Lipinski definition) is 0. The van der Waals surface area contributed by atoms with Gasteiger partial charge in [-0.3, -0.25) is 4.79 Å². The van der Waals surface area contributed by atoms with E-state index in [-0.39, 0.29) is 5.97 Å². The molecule has 0 aliphatic carbocycles. The second-order valence-electron chi connectivity index (χ2n) is 5.94. The Morgan fingerprint density at radius 2 is 1.57 bits per heavy atom. The van der Waals surface area contributed by atoms with Crippen LogP contribution in [0.15, 0.2) is 42.5 Å². The number of nitrogens with zero attached hydrogens (tertiary/aromatic N) is 1. The Balaban J connectivity index is 2.00. The highest BCUT2D eigenvalue weighted by Gasteiger charge is 2.10. The average Bonchev–Trinajstić information content (AvgIpc) is 2.71. The third-order valence-corrected chi connectivity index (χ3v) is 4.13. The molecule has 0 radical (unpaired) electrons. The van der Waals surface area contributed by atoms with Gasteiger partial charge in [0.2, 0.25) is 0 Å². The van der Waals surface area contributed by atoms with Crippen molar-refractivity contribution in [2.75, 3.05) is 21.3 Å². The van der Waals surface area contributed by atoms with Crippen LogP contribution in [0, 0.1) is 0 Å². The van der Waals surface area contributed by atoms with Crippen LogP contribution in [0.5, 0.6) is 23.0 Å². The number of fused-ring (bicyclic) bond motifs is 1. The summed E-state index contributed by atoms with van der Waals surface area (Å²) in [5.74, 6) is 1.89. The lowest BCUT2D eigenvalue weighted by Gasteiger charge is -2.12. The van der Waals surface area contributed by atoms with E-state index in [1.54, 1.807) is 33.5 Å². The predicted octanol–water partition coefficient (Wildman–Crippen LogP) is 4.36. The number of para-hydroxylation sites is 1. The van der Waals surface area contributed by atoms with Gasteiger partial charge in [0.1, 0.15) is 11.3 Å². The molecule has 0 amide bonds. The molecule has 6 nitrogen and oxygen atoms in total. The fourth-order valence-corrected chi connectivity index (χ4v) is 2.82. The molecule has 0 N–H and O–H groups in total. The SMILES string of the molecule is COc1cc(OC)c(OC)cc1C=Cc1ccc2cccc(OC(C)=O)c2n1. The molecule has 0 aliphatic rings. The molecule has 0 unspecified atom stereocenters. The van der Waals surface area contributed by atoms with Gasteiger partial charge in [-0.2, -0.15) is 0 Å². The lowest BCUT2D eigenvalue weighted by molar-refractivity contribution is -0.131. The summed E-state index contributed by atoms with van der Waals surface area (Å²) >= 11 is 0. The summed E-state index contributed by atoms with van der Waals surface area (Å²) in [6.07, 6.45) is 3.73. The maximum absolute atomic E-state index is 11.3. The first-order chi connectivity index (χ1) is 13.5. The van der Waals surface area contributed by atoms with Crippen LogP contribution < -0.4 is 18.9 Å². The van der Waals surface area contributed by atoms with Gasteiger partial charge in [0.15, 0.2) is 17.2 Å². The number of aromatic nitrogens is 1. The molecule has 2 aromatic carbocycles. The second kappa shape index (κ2) is 8.43. The standard InChI is InChI=1S/C22H21NO5/c1-14(24)28-18-7-5-6-15-8-10-17(23-22(15)18)11-9-16-12-20(26-3)21(27-4)13-19(16)25-2/h5-13H,1-4H3. The molecule has 1 aromatic heterocycles. The van der Waals surface area contributed by atoms with Gasteiger partial charge in [-0.25, -0.2) is 4.98 Å². The van der Waals surface area contributed by atoms with Crippen molar-refractivity contribution in [1.82, 2.24) is 4.98 Å². The molecule has 0 aliphatic heterocycles. The zero-order chi connectivity index (χ0) is 20.1. The number of carbonyl (C=O) groups excluding carboxylic acids is 1. The zero-order valence-corrected chi connectivity index (χ0v) is 16.2. The first-order valence-electron chi connectivity index (χ1n) is 8.62. The smallest absolute Gasteiger partial charge is 0.308 e. The van der Waals surface area contributed by atoms with Crippen molar-refractivity contribution in [1.29, 1.82) is 0 Å². The molecule has 0 spiro atoms. The van der Waals surface area contributed by atoms with E-state index in [4.69, 9.17) is 18.9 Å². The van der Waals surface area contributed by atoms with E-state index < -0.39 is 0 Å². The zero-order valence-electron chi connectivity index (χ0n) is 16.2. The molecule has 3 aromatic rings. The molecule has 144 valence electrons. The van der Waals surface area contributed by atoms with Gasteiger partial charge in [-0.15, -0.1) is 0 Å². The van der Waals surface area contributed by atoms with Gasteiger partial charge in [0, 0.05) is 23.9 Å². The van der Waals surface area contributed by atoms with Gasteiger partial charge in [0.05, 0.1) is 27.0 Å². The van der Waals surface area contributed by atoms with Crippen LogP contribution in [-0.4, -0.2) is 32.3 Å². The van der Waals surface area contributed by atoms with Crippen LogP contribution >= 0.6 is 0 Å². The number of benzene rings is 2. The Kier molecular flexibility index (Phi) is 5.79. The maximum Gasteiger partial charge on any atom is 0.308 e. The van der Waals surface area contributed by atoms with E-state index in [9.17, 15) is 4.79 Å². The molecule has 28 heavy (non-hydrogen) atoms. The van der Waals surface area contributed by atoms with Crippen molar-refractivity contribution in [2.24, 2.45) is 0 Å². The first kappa shape index (κ1) is 19.2. The van der Waals surface area contributed by atoms with Crippen LogP contribution in [0.25, 0.3) is 23.1 Å². The molecule has 1 heterocycles. The Labute approximate surface area is 163 Å². The molecular weight excluding hydrogens is 358 g/mol. The van der Waals surface area contributed by atoms with Crippen molar-refractivity contribution in [2.45, 2.75) is 6.92 Å². The molecule has 0 saturated heterocycles. The lowest BCUT2D eigenvalue weighted by Crippen LogP contribution is -2.02. The molecule has 0 saturated carbocycles. The van der Waals surface area contributed by atoms with Gasteiger partial charge < -0.3 is 18.9 Å². The van der Waals surface area contributed by atoms with E-state index in [2.05, 4.69) is 4.98 Å². The summed E-state index contributed by atoms with van der Waals surface area (Å²) < 4.78 is 21.4. The van der Waals surface area contributed by atoms with Crippen molar-refractivity contribution >= 4 is 29.0 Å². The Morgan fingerprint density at radius 1 is 0.857 bits per heavy atom. The summed E-state index contributed by atoms with van der Waals surface area (Å²) in [4.78, 5) is 16.0. The third kappa shape index (κ3) is 4.06. The lowest BCUT2D eigenvalue weighted by atomic mass is 10.1. The van der Waals surface area contributed by atoms with Gasteiger partial charge >= 0.3 is 5.97 Å². The molecular formula is C22H21NO5. The number of hydrogen-bond acceptors (Lipinski definition) is 6. The summed E-state index contributed by atoms with van der Waals surface area (Å²) in [6.45, 7) is 1.37. The quantitative estimate of drug-likeness (QED) is 0.468. The van der Waals surface area contributed by atoms with Crippen molar-refractivity contribution < 1.29 is 23.7 Å². The molecule has 0 fully saturated rings. The van der Waals surface area contributed by atoms with E-state index in [0.717, 1.165) is 10.9 Å². The highest BCUT2D eigenvalue weighted by Crippen LogP contribution is 2.35. The predicted molar refractivity (Wildman–Crippen MR) is 108 cm³/mol. The highest BCUT2D eigenvalue weighted by atomic mass is 16.5. The van der Waals surface area contributed by atoms with Crippen molar-refractivity contribution in [3.8, 4) is 23.0 Å². The number of rotatable bonds is 6. The van der Waals surface area contributed by atoms with E-state index in [1.165, 1.54) is 6.92 Å². The van der Waals surface area contributed by atoms with E-state index in [1.807, 2.05) is 42.5 Å². The largest absolute Gasteiger partial charge is 0.496 e. The third-order valence-electron chi connectivity index (χ3n) is 4.13. The second-order valence-corrected chi connectivity index (χ2v) is 5.94. The van der Waals surface area contributed by atoms with Crippen molar-refractivity contribution in [3.63, 3.8) is 0 Å². The van der Waals surface area contributed by atoms with Crippen LogP contribution in [0.4, 0.5) is 0 Å². The number of esters is 1. The first-order valence-corrected chi connectivity index (χ1v) is 8.62. The Morgan fingerprint density at radius 3 is 2.25 bits per heavy atom. The minimum atomic E-state index is -0.384. The summed E-state index contributed by atoms with van der Waals surface area (Å²) in [6, 6.07) is 12.9. The average molecular weight is 379 g/mol. The van der Waals surface area contributed by atoms with Crippen molar-refractivity contribution in [3.05, 3.63) is 53.7 Å². The molecule has 0 atom stereocenters. The van der Waals surface area contributed by atoms with Gasteiger partial charge in [-0.1, -0.05) is 18.2 Å². The topological polar surface area (TPSA) is 66.9 Å². The Bertz CT molecular complexity index is 1040. The maximum atomic E-state index is 11.3. The number of carbonyl (C=O) groups is 1. The highest BCUT2D eigenvalue weighted by molar-refractivity contribution is 5.88. The summed E-state index contributed by atoms with van der Waals surface area (Å²) in [7, 11) is 4.75. The fourth-order valence-electron chi connectivity index (χ4n) is 2.82. The normalized spacial score (nSPS) is 10.9. The minimum absolute atomic E-state index is 0.384. The van der Waals surface area contributed by atoms with Crippen LogP contribution in [0.1, 0.15) is 18.2 Å². The number of ether oxygens (including phenoxy) is 4. The van der Waals surface area contributed by atoms with Gasteiger partial charge in [-0.05, 0) is 30.4 Å². The number of methoxy groups -OCH3 is 3. The number of pyridine rings is 1. The van der Waals surface area contributed by atoms with Crippen LogP contribution in [-0.2, 0) is 4.79 Å². The summed E-state index contributed by atoms with van der Waals surface area (Å²) in [5, 5.41) is 0.889. The van der Waals surface area contributed by atoms with Crippen LogP contribution in [0.2, 0.25) is 0 Å².